The Balaban J connectivity index is 1.58. The summed E-state index contributed by atoms with van der Waals surface area (Å²) in [7, 11) is 1.74. The first-order valence-corrected chi connectivity index (χ1v) is 8.32. The highest BCUT2D eigenvalue weighted by molar-refractivity contribution is 5.79. The average molecular weight is 296 g/mol. The molecule has 0 unspecified atom stereocenters. The summed E-state index contributed by atoms with van der Waals surface area (Å²) in [6.07, 6.45) is 3.42. The van der Waals surface area contributed by atoms with Gasteiger partial charge in [0, 0.05) is 39.2 Å². The average Bonchev–Trinajstić information content (AvgIpc) is 2.48. The third-order valence-corrected chi connectivity index (χ3v) is 5.32. The van der Waals surface area contributed by atoms with Crippen molar-refractivity contribution in [3.63, 3.8) is 0 Å². The summed E-state index contributed by atoms with van der Waals surface area (Å²) in [5.74, 6) is 1.39. The normalized spacial score (nSPS) is 37.0. The summed E-state index contributed by atoms with van der Waals surface area (Å²) in [6, 6.07) is 0.351. The second-order valence-electron chi connectivity index (χ2n) is 6.85. The molecule has 21 heavy (non-hydrogen) atoms. The van der Waals surface area contributed by atoms with Gasteiger partial charge in [0.25, 0.3) is 0 Å². The minimum atomic E-state index is 0.286. The molecule has 1 saturated carbocycles. The van der Waals surface area contributed by atoms with Crippen molar-refractivity contribution in [2.24, 2.45) is 11.8 Å². The molecule has 0 aromatic heterocycles. The Morgan fingerprint density at radius 3 is 2.86 bits per heavy atom. The molecule has 0 bridgehead atoms. The Morgan fingerprint density at radius 1 is 1.33 bits per heavy atom. The highest BCUT2D eigenvalue weighted by atomic mass is 16.5. The van der Waals surface area contributed by atoms with Gasteiger partial charge in [-0.25, -0.2) is 0 Å². The van der Waals surface area contributed by atoms with Gasteiger partial charge in [-0.1, -0.05) is 6.92 Å². The SMILES string of the molecule is COCCN1CCO[C@H]2CCN(C(=O)C3CC(C)C3)C[C@@H]21. The van der Waals surface area contributed by atoms with Crippen LogP contribution in [-0.2, 0) is 14.3 Å². The summed E-state index contributed by atoms with van der Waals surface area (Å²) in [5, 5.41) is 0. The van der Waals surface area contributed by atoms with Gasteiger partial charge in [0.05, 0.1) is 25.4 Å². The van der Waals surface area contributed by atoms with Crippen LogP contribution in [0.3, 0.4) is 0 Å². The van der Waals surface area contributed by atoms with Crippen molar-refractivity contribution in [1.29, 1.82) is 0 Å². The van der Waals surface area contributed by atoms with Gasteiger partial charge >= 0.3 is 0 Å². The fourth-order valence-electron chi connectivity index (χ4n) is 3.99. The van der Waals surface area contributed by atoms with Crippen molar-refractivity contribution in [1.82, 2.24) is 9.80 Å². The van der Waals surface area contributed by atoms with Gasteiger partial charge in [-0.3, -0.25) is 9.69 Å². The first-order valence-electron chi connectivity index (χ1n) is 8.32. The number of hydrogen-bond acceptors (Lipinski definition) is 4. The van der Waals surface area contributed by atoms with Crippen LogP contribution in [0, 0.1) is 11.8 Å². The highest BCUT2D eigenvalue weighted by Crippen LogP contribution is 2.35. The second kappa shape index (κ2) is 6.63. The first-order chi connectivity index (χ1) is 10.2. The van der Waals surface area contributed by atoms with E-state index in [9.17, 15) is 4.79 Å². The van der Waals surface area contributed by atoms with Gasteiger partial charge in [0.2, 0.25) is 5.91 Å². The lowest BCUT2D eigenvalue weighted by Crippen LogP contribution is -2.62. The predicted molar refractivity (Wildman–Crippen MR) is 80.1 cm³/mol. The molecule has 0 N–H and O–H groups in total. The molecule has 2 aliphatic heterocycles. The standard InChI is InChI=1S/C16H28N2O3/c1-12-9-13(10-12)16(19)18-4-3-15-14(11-18)17(5-7-20-2)6-8-21-15/h12-15H,3-11H2,1-2H3/t12?,13?,14-,15-/m0/s1. The molecule has 3 rings (SSSR count). The molecule has 5 heteroatoms. The summed E-state index contributed by atoms with van der Waals surface area (Å²) in [4.78, 5) is 17.1. The van der Waals surface area contributed by atoms with Crippen LogP contribution in [0.4, 0.5) is 0 Å². The lowest BCUT2D eigenvalue weighted by Gasteiger charge is -2.48. The Bertz CT molecular complexity index is 371. The zero-order chi connectivity index (χ0) is 14.8. The maximum absolute atomic E-state index is 12.6. The van der Waals surface area contributed by atoms with E-state index in [0.29, 0.717) is 18.1 Å². The van der Waals surface area contributed by atoms with E-state index in [1.165, 1.54) is 0 Å². The maximum Gasteiger partial charge on any atom is 0.225 e. The second-order valence-corrected chi connectivity index (χ2v) is 6.85. The van der Waals surface area contributed by atoms with Crippen molar-refractivity contribution >= 4 is 5.91 Å². The molecule has 0 spiro atoms. The monoisotopic (exact) mass is 296 g/mol. The lowest BCUT2D eigenvalue weighted by atomic mass is 9.75. The van der Waals surface area contributed by atoms with Gasteiger partial charge in [-0.15, -0.1) is 0 Å². The number of amides is 1. The molecule has 5 nitrogen and oxygen atoms in total. The predicted octanol–water partition coefficient (Wildman–Crippen LogP) is 0.981. The Labute approximate surface area is 127 Å². The highest BCUT2D eigenvalue weighted by Gasteiger charge is 2.41. The number of fused-ring (bicyclic) bond motifs is 1. The first kappa shape index (κ1) is 15.3. The summed E-state index contributed by atoms with van der Waals surface area (Å²) in [5.41, 5.74) is 0. The topological polar surface area (TPSA) is 42.0 Å². The van der Waals surface area contributed by atoms with Crippen LogP contribution in [0.15, 0.2) is 0 Å². The quantitative estimate of drug-likeness (QED) is 0.775. The van der Waals surface area contributed by atoms with Crippen LogP contribution >= 0.6 is 0 Å². The third-order valence-electron chi connectivity index (χ3n) is 5.32. The summed E-state index contributed by atoms with van der Waals surface area (Å²) in [6.45, 7) is 7.37. The zero-order valence-corrected chi connectivity index (χ0v) is 13.3. The number of methoxy groups -OCH3 is 1. The Kier molecular flexibility index (Phi) is 4.82. The van der Waals surface area contributed by atoms with Crippen LogP contribution in [0.5, 0.6) is 0 Å². The molecule has 1 aliphatic carbocycles. The van der Waals surface area contributed by atoms with Gasteiger partial charge < -0.3 is 14.4 Å². The van der Waals surface area contributed by atoms with E-state index in [1.807, 2.05) is 0 Å². The molecule has 3 aliphatic rings. The van der Waals surface area contributed by atoms with Gasteiger partial charge in [-0.05, 0) is 25.2 Å². The number of morpholine rings is 1. The summed E-state index contributed by atoms with van der Waals surface area (Å²) >= 11 is 0. The van der Waals surface area contributed by atoms with E-state index in [4.69, 9.17) is 9.47 Å². The maximum atomic E-state index is 12.6. The summed E-state index contributed by atoms with van der Waals surface area (Å²) < 4.78 is 11.1. The molecule has 2 saturated heterocycles. The molecular formula is C16H28N2O3. The van der Waals surface area contributed by atoms with Crippen LogP contribution in [-0.4, -0.2) is 74.4 Å². The number of rotatable bonds is 4. The van der Waals surface area contributed by atoms with Crippen LogP contribution in [0.2, 0.25) is 0 Å². The van der Waals surface area contributed by atoms with Crippen LogP contribution in [0.25, 0.3) is 0 Å². The zero-order valence-electron chi connectivity index (χ0n) is 13.3. The molecular weight excluding hydrogens is 268 g/mol. The van der Waals surface area contributed by atoms with Crippen molar-refractivity contribution in [3.8, 4) is 0 Å². The van der Waals surface area contributed by atoms with Crippen molar-refractivity contribution in [2.45, 2.75) is 38.3 Å². The van der Waals surface area contributed by atoms with Crippen molar-refractivity contribution in [3.05, 3.63) is 0 Å². The lowest BCUT2D eigenvalue weighted by molar-refractivity contribution is -0.150. The molecule has 3 fully saturated rings. The fourth-order valence-corrected chi connectivity index (χ4v) is 3.99. The number of piperidine rings is 1. The molecule has 2 atom stereocenters. The number of nitrogens with zero attached hydrogens (tertiary/aromatic N) is 2. The van der Waals surface area contributed by atoms with Crippen LogP contribution in [0.1, 0.15) is 26.2 Å². The van der Waals surface area contributed by atoms with E-state index in [0.717, 1.165) is 64.6 Å². The van der Waals surface area contributed by atoms with Gasteiger partial charge in [0.1, 0.15) is 0 Å². The number of likely N-dealkylation sites (tertiary alicyclic amines) is 1. The van der Waals surface area contributed by atoms with Crippen LogP contribution < -0.4 is 0 Å². The molecule has 0 aromatic carbocycles. The van der Waals surface area contributed by atoms with Gasteiger partial charge in [-0.2, -0.15) is 0 Å². The molecule has 0 radical (unpaired) electrons. The van der Waals surface area contributed by atoms with E-state index < -0.39 is 0 Å². The smallest absolute Gasteiger partial charge is 0.225 e. The number of hydrogen-bond donors (Lipinski definition) is 0. The van der Waals surface area contributed by atoms with Gasteiger partial charge in [0.15, 0.2) is 0 Å². The molecule has 2 heterocycles. The fraction of sp³-hybridized carbons (Fsp3) is 0.938. The number of ether oxygens (including phenoxy) is 2. The Hall–Kier alpha value is -0.650. The number of carbonyl (C=O) groups excluding carboxylic acids is 1. The molecule has 0 aromatic rings. The minimum Gasteiger partial charge on any atom is -0.383 e. The van der Waals surface area contributed by atoms with Crippen molar-refractivity contribution < 1.29 is 14.3 Å². The van der Waals surface area contributed by atoms with E-state index >= 15 is 0 Å². The van der Waals surface area contributed by atoms with E-state index in [2.05, 4.69) is 16.7 Å². The van der Waals surface area contributed by atoms with Crippen molar-refractivity contribution in [2.75, 3.05) is 46.5 Å². The van der Waals surface area contributed by atoms with E-state index in [1.54, 1.807) is 7.11 Å². The van der Waals surface area contributed by atoms with E-state index in [-0.39, 0.29) is 5.92 Å². The minimum absolute atomic E-state index is 0.286. The molecule has 1 amide bonds. The third kappa shape index (κ3) is 3.25. The molecule has 120 valence electrons. The largest absolute Gasteiger partial charge is 0.383 e. The Morgan fingerprint density at radius 2 is 2.14 bits per heavy atom. The number of carbonyl (C=O) groups is 1.